The second-order valence-corrected chi connectivity index (χ2v) is 8.37. The Morgan fingerprint density at radius 1 is 1.17 bits per heavy atom. The molecule has 2 amide bonds. The lowest BCUT2D eigenvalue weighted by Crippen LogP contribution is -2.31. The number of ether oxygens (including phenoxy) is 1. The number of rotatable bonds is 6. The molecule has 7 nitrogen and oxygen atoms in total. The van der Waals surface area contributed by atoms with E-state index in [0.29, 0.717) is 17.5 Å². The predicted molar refractivity (Wildman–Crippen MR) is 121 cm³/mol. The number of aromatic nitrogens is 2. The monoisotopic (exact) mass is 423 g/mol. The van der Waals surface area contributed by atoms with Gasteiger partial charge in [0.2, 0.25) is 0 Å². The Bertz CT molecular complexity index is 986. The molecular formula is C22H25N5O2S. The minimum absolute atomic E-state index is 0.300. The van der Waals surface area contributed by atoms with Crippen LogP contribution in [0.15, 0.2) is 48.9 Å². The van der Waals surface area contributed by atoms with Crippen LogP contribution >= 0.6 is 11.3 Å². The van der Waals surface area contributed by atoms with Gasteiger partial charge in [-0.05, 0) is 56.0 Å². The van der Waals surface area contributed by atoms with E-state index in [1.165, 1.54) is 36.2 Å². The molecule has 2 aromatic heterocycles. The molecule has 3 heterocycles. The lowest BCUT2D eigenvalue weighted by atomic mass is 10.1. The molecule has 3 aromatic rings. The van der Waals surface area contributed by atoms with E-state index in [-0.39, 0.29) is 6.03 Å². The number of piperidine rings is 1. The highest BCUT2D eigenvalue weighted by atomic mass is 32.1. The summed E-state index contributed by atoms with van der Waals surface area (Å²) in [6, 6.07) is 9.49. The van der Waals surface area contributed by atoms with Gasteiger partial charge in [0.05, 0.1) is 22.4 Å². The van der Waals surface area contributed by atoms with Crippen LogP contribution in [0.4, 0.5) is 21.3 Å². The van der Waals surface area contributed by atoms with Gasteiger partial charge in [0.1, 0.15) is 12.4 Å². The lowest BCUT2D eigenvalue weighted by molar-refractivity contribution is 0.262. The fraction of sp³-hybridized carbons (Fsp3) is 0.318. The Labute approximate surface area is 180 Å². The van der Waals surface area contributed by atoms with Gasteiger partial charge in [0.15, 0.2) is 5.13 Å². The number of aryl methyl sites for hydroxylation is 1. The summed E-state index contributed by atoms with van der Waals surface area (Å²) in [5, 5.41) is 6.34. The molecule has 156 valence electrons. The molecule has 0 bridgehead atoms. The lowest BCUT2D eigenvalue weighted by Gasteiger charge is -2.30. The number of hydrogen-bond acceptors (Lipinski definition) is 6. The van der Waals surface area contributed by atoms with Crippen LogP contribution in [0.1, 0.15) is 29.7 Å². The van der Waals surface area contributed by atoms with Crippen LogP contribution in [0.25, 0.3) is 0 Å². The van der Waals surface area contributed by atoms with Gasteiger partial charge in [0.25, 0.3) is 0 Å². The van der Waals surface area contributed by atoms with Gasteiger partial charge < -0.3 is 15.0 Å². The molecule has 1 aliphatic heterocycles. The maximum absolute atomic E-state index is 12.6. The first-order valence-electron chi connectivity index (χ1n) is 10.1. The summed E-state index contributed by atoms with van der Waals surface area (Å²) in [5.41, 5.74) is 3.07. The van der Waals surface area contributed by atoms with Crippen LogP contribution in [0, 0.1) is 6.92 Å². The van der Waals surface area contributed by atoms with E-state index < -0.39 is 0 Å². The quantitative estimate of drug-likeness (QED) is 0.579. The molecule has 1 aromatic carbocycles. The number of pyridine rings is 1. The molecule has 0 spiro atoms. The number of carbonyl (C=O) groups is 1. The Hall–Kier alpha value is -3.13. The molecule has 0 radical (unpaired) electrons. The maximum Gasteiger partial charge on any atom is 0.325 e. The summed E-state index contributed by atoms with van der Waals surface area (Å²) in [6.45, 7) is 4.49. The van der Waals surface area contributed by atoms with E-state index in [1.54, 1.807) is 18.6 Å². The van der Waals surface area contributed by atoms with Crippen LogP contribution in [-0.2, 0) is 6.61 Å². The third-order valence-corrected chi connectivity index (χ3v) is 5.77. The van der Waals surface area contributed by atoms with E-state index >= 15 is 0 Å². The Morgan fingerprint density at radius 3 is 2.83 bits per heavy atom. The van der Waals surface area contributed by atoms with E-state index in [0.717, 1.165) is 29.3 Å². The largest absolute Gasteiger partial charge is 0.486 e. The number of nitrogens with zero attached hydrogens (tertiary/aromatic N) is 3. The van der Waals surface area contributed by atoms with Crippen LogP contribution < -0.4 is 20.3 Å². The van der Waals surface area contributed by atoms with Crippen molar-refractivity contribution in [3.8, 4) is 5.75 Å². The highest BCUT2D eigenvalue weighted by molar-refractivity contribution is 7.15. The number of anilines is 3. The molecule has 0 atom stereocenters. The van der Waals surface area contributed by atoms with Crippen molar-refractivity contribution in [3.63, 3.8) is 0 Å². The van der Waals surface area contributed by atoms with Gasteiger partial charge in [-0.15, -0.1) is 0 Å². The van der Waals surface area contributed by atoms with Gasteiger partial charge in [0, 0.05) is 25.5 Å². The average molecular weight is 424 g/mol. The smallest absolute Gasteiger partial charge is 0.325 e. The second-order valence-electron chi connectivity index (χ2n) is 7.26. The van der Waals surface area contributed by atoms with Crippen LogP contribution in [0.2, 0.25) is 0 Å². The SMILES string of the molecule is Cc1ccc(NC(=O)Nc2ncc(COc3cccnc3)s2)c(N2CCCCC2)c1. The van der Waals surface area contributed by atoms with E-state index in [1.807, 2.05) is 24.3 Å². The summed E-state index contributed by atoms with van der Waals surface area (Å²) in [7, 11) is 0. The molecule has 0 aliphatic carbocycles. The van der Waals surface area contributed by atoms with Crippen molar-refractivity contribution >= 4 is 33.9 Å². The predicted octanol–water partition coefficient (Wildman–Crippen LogP) is 5.06. The van der Waals surface area contributed by atoms with Crippen molar-refractivity contribution < 1.29 is 9.53 Å². The first kappa shape index (κ1) is 20.2. The van der Waals surface area contributed by atoms with E-state index in [9.17, 15) is 4.79 Å². The van der Waals surface area contributed by atoms with Gasteiger partial charge in [-0.1, -0.05) is 17.4 Å². The molecule has 1 saturated heterocycles. The molecule has 1 fully saturated rings. The molecule has 4 rings (SSSR count). The zero-order chi connectivity index (χ0) is 20.8. The zero-order valence-corrected chi connectivity index (χ0v) is 17.7. The normalized spacial score (nSPS) is 13.7. The molecular weight excluding hydrogens is 398 g/mol. The minimum Gasteiger partial charge on any atom is -0.486 e. The topological polar surface area (TPSA) is 79.4 Å². The summed E-state index contributed by atoms with van der Waals surface area (Å²) >= 11 is 1.39. The van der Waals surface area contributed by atoms with Crippen LogP contribution in [0.3, 0.4) is 0 Å². The molecule has 0 saturated carbocycles. The summed E-state index contributed by atoms with van der Waals surface area (Å²) in [5.74, 6) is 0.697. The average Bonchev–Trinajstić information content (AvgIpc) is 3.22. The van der Waals surface area contributed by atoms with Crippen molar-refractivity contribution in [3.05, 3.63) is 59.4 Å². The van der Waals surface area contributed by atoms with Gasteiger partial charge in [-0.25, -0.2) is 9.78 Å². The maximum atomic E-state index is 12.6. The highest BCUT2D eigenvalue weighted by Crippen LogP contribution is 2.30. The number of nitrogens with one attached hydrogen (secondary N) is 2. The van der Waals surface area contributed by atoms with Crippen molar-refractivity contribution in [1.82, 2.24) is 9.97 Å². The van der Waals surface area contributed by atoms with Crippen molar-refractivity contribution in [2.75, 3.05) is 28.6 Å². The first-order chi connectivity index (χ1) is 14.7. The highest BCUT2D eigenvalue weighted by Gasteiger charge is 2.16. The fourth-order valence-corrected chi connectivity index (χ4v) is 4.13. The van der Waals surface area contributed by atoms with Crippen LogP contribution in [-0.4, -0.2) is 29.1 Å². The third kappa shape index (κ3) is 5.27. The van der Waals surface area contributed by atoms with E-state index in [2.05, 4.69) is 38.5 Å². The molecule has 0 unspecified atom stereocenters. The van der Waals surface area contributed by atoms with Crippen LogP contribution in [0.5, 0.6) is 5.75 Å². The minimum atomic E-state index is -0.300. The second kappa shape index (κ2) is 9.58. The molecule has 2 N–H and O–H groups in total. The molecule has 8 heteroatoms. The summed E-state index contributed by atoms with van der Waals surface area (Å²) in [6.07, 6.45) is 8.70. The number of benzene rings is 1. The Kier molecular flexibility index (Phi) is 6.44. The summed E-state index contributed by atoms with van der Waals surface area (Å²) < 4.78 is 5.67. The fourth-order valence-electron chi connectivity index (χ4n) is 3.41. The van der Waals surface area contributed by atoms with Gasteiger partial charge in [-0.3, -0.25) is 10.3 Å². The van der Waals surface area contributed by atoms with Crippen molar-refractivity contribution in [1.29, 1.82) is 0 Å². The first-order valence-corrected chi connectivity index (χ1v) is 10.9. The third-order valence-electron chi connectivity index (χ3n) is 4.89. The standard InChI is InChI=1S/C22H25N5O2S/c1-16-7-8-19(20(12-16)27-10-3-2-4-11-27)25-21(28)26-22-24-14-18(30-22)15-29-17-6-5-9-23-13-17/h5-9,12-14H,2-4,10-11,15H2,1H3,(H2,24,25,26,28). The number of hydrogen-bond donors (Lipinski definition) is 2. The Morgan fingerprint density at radius 2 is 2.03 bits per heavy atom. The number of amides is 2. The number of carbonyl (C=O) groups excluding carboxylic acids is 1. The number of urea groups is 1. The van der Waals surface area contributed by atoms with Gasteiger partial charge in [-0.2, -0.15) is 0 Å². The Balaban J connectivity index is 1.36. The van der Waals surface area contributed by atoms with Crippen molar-refractivity contribution in [2.24, 2.45) is 0 Å². The van der Waals surface area contributed by atoms with Gasteiger partial charge >= 0.3 is 6.03 Å². The molecule has 1 aliphatic rings. The van der Waals surface area contributed by atoms with E-state index in [4.69, 9.17) is 4.74 Å². The number of thiazole rings is 1. The molecule has 30 heavy (non-hydrogen) atoms. The van der Waals surface area contributed by atoms with Crippen molar-refractivity contribution in [2.45, 2.75) is 32.8 Å². The zero-order valence-electron chi connectivity index (χ0n) is 16.9. The summed E-state index contributed by atoms with van der Waals surface area (Å²) in [4.78, 5) is 24.1.